The second-order valence-electron chi connectivity index (χ2n) is 6.99. The normalized spacial score (nSPS) is 13.4. The maximum atomic E-state index is 13.0. The molecule has 0 aliphatic rings. The van der Waals surface area contributed by atoms with Crippen molar-refractivity contribution in [3.63, 3.8) is 0 Å². The SMILES string of the molecule is CC(C)(C)c1[nH]cnc1/C=c1\[nH]c(=O)/c(=C/c2ccc(F)cc2)[nH]c1=O. The fourth-order valence-electron chi connectivity index (χ4n) is 2.57. The number of hydrogen-bond donors (Lipinski definition) is 3. The zero-order valence-electron chi connectivity index (χ0n) is 14.7. The third kappa shape index (κ3) is 3.72. The summed E-state index contributed by atoms with van der Waals surface area (Å²) in [7, 11) is 0. The van der Waals surface area contributed by atoms with Crippen LogP contribution in [0, 0.1) is 5.82 Å². The van der Waals surface area contributed by atoms with Crippen molar-refractivity contribution in [3.05, 3.63) is 84.8 Å². The molecular formula is C19H19FN4O2. The highest BCUT2D eigenvalue weighted by Gasteiger charge is 2.19. The lowest BCUT2D eigenvalue weighted by Crippen LogP contribution is -2.46. The average Bonchev–Trinajstić information content (AvgIpc) is 3.03. The summed E-state index contributed by atoms with van der Waals surface area (Å²) in [5.74, 6) is -0.372. The molecular weight excluding hydrogens is 335 g/mol. The molecule has 6 nitrogen and oxygen atoms in total. The fraction of sp³-hybridized carbons (Fsp3) is 0.211. The van der Waals surface area contributed by atoms with Crippen molar-refractivity contribution >= 4 is 12.2 Å². The second kappa shape index (κ2) is 6.59. The summed E-state index contributed by atoms with van der Waals surface area (Å²) in [6.07, 6.45) is 4.58. The van der Waals surface area contributed by atoms with Gasteiger partial charge in [0.2, 0.25) is 0 Å². The van der Waals surface area contributed by atoms with E-state index in [4.69, 9.17) is 0 Å². The average molecular weight is 354 g/mol. The van der Waals surface area contributed by atoms with Crippen LogP contribution in [0.15, 0.2) is 40.2 Å². The van der Waals surface area contributed by atoms with Crippen LogP contribution in [-0.4, -0.2) is 19.9 Å². The number of benzene rings is 1. The first-order valence-corrected chi connectivity index (χ1v) is 8.09. The van der Waals surface area contributed by atoms with Crippen LogP contribution in [0.5, 0.6) is 0 Å². The van der Waals surface area contributed by atoms with Crippen molar-refractivity contribution in [3.8, 4) is 0 Å². The third-order valence-electron chi connectivity index (χ3n) is 3.87. The molecule has 0 saturated carbocycles. The van der Waals surface area contributed by atoms with Crippen LogP contribution in [0.4, 0.5) is 4.39 Å². The standard InChI is InChI=1S/C19H19FN4O2/c1-19(2,3)16-13(21-10-22-16)9-15-18(26)23-14(17(25)24-15)8-11-4-6-12(20)7-5-11/h4-10H,1-3H3,(H,21,22)(H,23,26)(H,24,25)/b14-8-,15-9-. The van der Waals surface area contributed by atoms with Gasteiger partial charge in [-0.2, -0.15) is 0 Å². The lowest BCUT2D eigenvalue weighted by atomic mass is 9.90. The van der Waals surface area contributed by atoms with E-state index in [1.54, 1.807) is 12.4 Å². The van der Waals surface area contributed by atoms with E-state index in [1.807, 2.05) is 20.8 Å². The van der Waals surface area contributed by atoms with Crippen molar-refractivity contribution in [1.82, 2.24) is 19.9 Å². The molecule has 134 valence electrons. The molecule has 0 aliphatic heterocycles. The number of aromatic nitrogens is 4. The number of aromatic amines is 3. The first-order chi connectivity index (χ1) is 12.2. The maximum absolute atomic E-state index is 13.0. The molecule has 0 aliphatic carbocycles. The summed E-state index contributed by atoms with van der Waals surface area (Å²) in [6.45, 7) is 6.06. The molecule has 3 N–H and O–H groups in total. The molecule has 0 atom stereocenters. The van der Waals surface area contributed by atoms with Crippen LogP contribution in [0.3, 0.4) is 0 Å². The smallest absolute Gasteiger partial charge is 0.272 e. The number of hydrogen-bond acceptors (Lipinski definition) is 3. The van der Waals surface area contributed by atoms with Crippen LogP contribution in [-0.2, 0) is 5.41 Å². The van der Waals surface area contributed by atoms with E-state index < -0.39 is 11.1 Å². The zero-order valence-corrected chi connectivity index (χ0v) is 14.7. The molecule has 0 bridgehead atoms. The highest BCUT2D eigenvalue weighted by molar-refractivity contribution is 5.49. The number of nitrogens with one attached hydrogen (secondary N) is 3. The predicted molar refractivity (Wildman–Crippen MR) is 97.8 cm³/mol. The summed E-state index contributed by atoms with van der Waals surface area (Å²) in [4.78, 5) is 37.1. The first-order valence-electron chi connectivity index (χ1n) is 8.09. The van der Waals surface area contributed by atoms with E-state index in [1.165, 1.54) is 30.3 Å². The molecule has 0 saturated heterocycles. The Bertz CT molecular complexity index is 1160. The Balaban J connectivity index is 2.12. The largest absolute Gasteiger partial charge is 0.348 e. The Kier molecular flexibility index (Phi) is 4.46. The highest BCUT2D eigenvalue weighted by atomic mass is 19.1. The Morgan fingerprint density at radius 2 is 1.54 bits per heavy atom. The summed E-state index contributed by atoms with van der Waals surface area (Å²) in [5, 5.41) is 0.209. The minimum absolute atomic E-state index is 0.0943. The Morgan fingerprint density at radius 1 is 0.962 bits per heavy atom. The lowest BCUT2D eigenvalue weighted by molar-refractivity contribution is 0.571. The van der Waals surface area contributed by atoms with Gasteiger partial charge in [0.25, 0.3) is 11.1 Å². The monoisotopic (exact) mass is 354 g/mol. The topological polar surface area (TPSA) is 94.4 Å². The molecule has 0 radical (unpaired) electrons. The van der Waals surface area contributed by atoms with Crippen molar-refractivity contribution < 1.29 is 4.39 Å². The Morgan fingerprint density at radius 3 is 2.12 bits per heavy atom. The highest BCUT2D eigenvalue weighted by Crippen LogP contribution is 2.22. The third-order valence-corrected chi connectivity index (χ3v) is 3.87. The van der Waals surface area contributed by atoms with Crippen LogP contribution in [0.2, 0.25) is 0 Å². The van der Waals surface area contributed by atoms with Crippen LogP contribution in [0.25, 0.3) is 12.2 Å². The van der Waals surface area contributed by atoms with Gasteiger partial charge < -0.3 is 15.0 Å². The van der Waals surface area contributed by atoms with Gasteiger partial charge in [-0.25, -0.2) is 9.37 Å². The van der Waals surface area contributed by atoms with Gasteiger partial charge >= 0.3 is 0 Å². The fourth-order valence-corrected chi connectivity index (χ4v) is 2.57. The summed E-state index contributed by atoms with van der Waals surface area (Å²) in [6, 6.07) is 5.61. The minimum atomic E-state index is -0.451. The number of imidazole rings is 1. The van der Waals surface area contributed by atoms with Crippen LogP contribution in [0.1, 0.15) is 37.7 Å². The van der Waals surface area contributed by atoms with Gasteiger partial charge in [-0.1, -0.05) is 32.9 Å². The summed E-state index contributed by atoms with van der Waals surface area (Å²) >= 11 is 0. The molecule has 26 heavy (non-hydrogen) atoms. The van der Waals surface area contributed by atoms with E-state index in [0.29, 0.717) is 11.3 Å². The van der Waals surface area contributed by atoms with Gasteiger partial charge in [-0.3, -0.25) is 9.59 Å². The zero-order chi connectivity index (χ0) is 18.9. The molecule has 0 unspecified atom stereocenters. The Hall–Kier alpha value is -3.22. The molecule has 2 heterocycles. The van der Waals surface area contributed by atoms with Gasteiger partial charge in [-0.05, 0) is 29.8 Å². The van der Waals surface area contributed by atoms with Gasteiger partial charge in [0.15, 0.2) is 0 Å². The molecule has 0 fully saturated rings. The van der Waals surface area contributed by atoms with Crippen LogP contribution >= 0.6 is 0 Å². The summed E-state index contributed by atoms with van der Waals surface area (Å²) < 4.78 is 13.0. The molecule has 2 aromatic heterocycles. The first kappa shape index (κ1) is 17.6. The van der Waals surface area contributed by atoms with Crippen molar-refractivity contribution in [2.45, 2.75) is 26.2 Å². The van der Waals surface area contributed by atoms with Crippen LogP contribution < -0.4 is 21.8 Å². The quantitative estimate of drug-likeness (QED) is 0.638. The van der Waals surface area contributed by atoms with Gasteiger partial charge in [0.1, 0.15) is 16.5 Å². The lowest BCUT2D eigenvalue weighted by Gasteiger charge is -2.16. The van der Waals surface area contributed by atoms with Gasteiger partial charge in [0, 0.05) is 11.1 Å². The predicted octanol–water partition coefficient (Wildman–Crippen LogP) is 0.880. The van der Waals surface area contributed by atoms with Crippen molar-refractivity contribution in [2.75, 3.05) is 0 Å². The molecule has 0 amide bonds. The van der Waals surface area contributed by atoms with Crippen molar-refractivity contribution in [2.24, 2.45) is 0 Å². The number of H-pyrrole nitrogens is 3. The minimum Gasteiger partial charge on any atom is -0.348 e. The van der Waals surface area contributed by atoms with Gasteiger partial charge in [-0.15, -0.1) is 0 Å². The molecule has 7 heteroatoms. The number of rotatable bonds is 2. The van der Waals surface area contributed by atoms with E-state index in [9.17, 15) is 14.0 Å². The van der Waals surface area contributed by atoms with Crippen molar-refractivity contribution in [1.29, 1.82) is 0 Å². The number of halogens is 1. The van der Waals surface area contributed by atoms with E-state index in [-0.39, 0.29) is 21.9 Å². The molecule has 3 rings (SSSR count). The second-order valence-corrected chi connectivity index (χ2v) is 6.99. The van der Waals surface area contributed by atoms with E-state index in [0.717, 1.165) is 5.69 Å². The Labute approximate surface area is 148 Å². The molecule has 0 spiro atoms. The van der Waals surface area contributed by atoms with E-state index >= 15 is 0 Å². The number of nitrogens with zero attached hydrogens (tertiary/aromatic N) is 1. The maximum Gasteiger partial charge on any atom is 0.272 e. The molecule has 3 aromatic rings. The molecule has 1 aromatic carbocycles. The van der Waals surface area contributed by atoms with Gasteiger partial charge in [0.05, 0.1) is 12.0 Å². The summed E-state index contributed by atoms with van der Waals surface area (Å²) in [5.41, 5.74) is 0.972. The van der Waals surface area contributed by atoms with E-state index in [2.05, 4.69) is 19.9 Å².